The number of aromatic nitrogens is 8. The number of hydrogen-bond donors (Lipinski definition) is 2. The molecule has 2 aromatic heterocycles. The van der Waals surface area contributed by atoms with Gasteiger partial charge in [0.15, 0.2) is 11.6 Å². The van der Waals surface area contributed by atoms with E-state index in [4.69, 9.17) is 0 Å². The molecule has 46 heavy (non-hydrogen) atoms. The molecular formula is C31H25N11O4. The van der Waals surface area contributed by atoms with Crippen LogP contribution in [0.2, 0.25) is 0 Å². The minimum absolute atomic E-state index is 0.104. The van der Waals surface area contributed by atoms with E-state index in [9.17, 15) is 20.3 Å². The zero-order valence-electron chi connectivity index (χ0n) is 24.4. The Morgan fingerprint density at radius 1 is 0.717 bits per heavy atom. The van der Waals surface area contributed by atoms with Crippen LogP contribution in [-0.4, -0.2) is 68.2 Å². The SMILES string of the molecule is Cc1nnnn1N=Cc1ccc(C(c2ccccc2)(c2ccc([N+](=O)[O-])cc2)c2ccc(C=Nn3nnnc3C)cc2O)c(O)c1. The molecule has 0 amide bonds. The number of nitro benzene ring substituents is 1. The van der Waals surface area contributed by atoms with E-state index >= 15 is 0 Å². The second-order valence-corrected chi connectivity index (χ2v) is 10.2. The first-order valence-corrected chi connectivity index (χ1v) is 13.8. The molecule has 0 spiro atoms. The lowest BCUT2D eigenvalue weighted by Gasteiger charge is -2.37. The normalized spacial score (nSPS) is 12.9. The van der Waals surface area contributed by atoms with Crippen molar-refractivity contribution in [3.8, 4) is 11.5 Å². The van der Waals surface area contributed by atoms with Crippen LogP contribution >= 0.6 is 0 Å². The minimum Gasteiger partial charge on any atom is -0.508 e. The van der Waals surface area contributed by atoms with E-state index in [-0.39, 0.29) is 17.2 Å². The van der Waals surface area contributed by atoms with Gasteiger partial charge in [-0.25, -0.2) is 0 Å². The van der Waals surface area contributed by atoms with Crippen LogP contribution in [0.1, 0.15) is 45.0 Å². The van der Waals surface area contributed by atoms with Crippen molar-refractivity contribution >= 4 is 18.1 Å². The van der Waals surface area contributed by atoms with Gasteiger partial charge in [-0.05, 0) is 69.1 Å². The van der Waals surface area contributed by atoms with E-state index < -0.39 is 10.3 Å². The average molecular weight is 616 g/mol. The van der Waals surface area contributed by atoms with E-state index in [1.807, 2.05) is 30.3 Å². The first-order chi connectivity index (χ1) is 22.3. The Bertz CT molecular complexity index is 1990. The number of nitrogens with zero attached hydrogens (tertiary/aromatic N) is 11. The van der Waals surface area contributed by atoms with Gasteiger partial charge < -0.3 is 10.2 Å². The summed E-state index contributed by atoms with van der Waals surface area (Å²) in [4.78, 5) is 13.6. The van der Waals surface area contributed by atoms with E-state index in [0.717, 1.165) is 0 Å². The van der Waals surface area contributed by atoms with Crippen molar-refractivity contribution in [2.24, 2.45) is 10.2 Å². The maximum absolute atomic E-state index is 11.7. The Labute approximate surface area is 260 Å². The van der Waals surface area contributed by atoms with E-state index in [1.165, 1.54) is 46.3 Å². The maximum Gasteiger partial charge on any atom is 0.269 e. The number of aromatic hydroxyl groups is 2. The zero-order valence-corrected chi connectivity index (χ0v) is 24.4. The third-order valence-corrected chi connectivity index (χ3v) is 7.41. The summed E-state index contributed by atoms with van der Waals surface area (Å²) in [6, 6.07) is 25.3. The van der Waals surface area contributed by atoms with Gasteiger partial charge in [0.25, 0.3) is 5.69 Å². The summed E-state index contributed by atoms with van der Waals surface area (Å²) in [6.45, 7) is 3.40. The predicted molar refractivity (Wildman–Crippen MR) is 166 cm³/mol. The number of nitro groups is 1. The molecule has 0 aliphatic heterocycles. The summed E-state index contributed by atoms with van der Waals surface area (Å²) in [7, 11) is 0. The molecule has 6 rings (SSSR count). The number of benzene rings is 4. The van der Waals surface area contributed by atoms with Crippen molar-refractivity contribution in [2.45, 2.75) is 19.3 Å². The largest absolute Gasteiger partial charge is 0.508 e. The highest BCUT2D eigenvalue weighted by atomic mass is 16.6. The summed E-state index contributed by atoms with van der Waals surface area (Å²) < 4.78 is 0. The van der Waals surface area contributed by atoms with Crippen molar-refractivity contribution < 1.29 is 15.1 Å². The van der Waals surface area contributed by atoms with Gasteiger partial charge in [-0.2, -0.15) is 10.2 Å². The highest BCUT2D eigenvalue weighted by Crippen LogP contribution is 2.51. The smallest absolute Gasteiger partial charge is 0.269 e. The summed E-state index contributed by atoms with van der Waals surface area (Å²) in [6.07, 6.45) is 3.00. The van der Waals surface area contributed by atoms with Crippen molar-refractivity contribution in [1.29, 1.82) is 0 Å². The Balaban J connectivity index is 1.56. The molecule has 2 heterocycles. The first kappa shape index (κ1) is 29.4. The third kappa shape index (κ3) is 5.43. The molecular weight excluding hydrogens is 590 g/mol. The summed E-state index contributed by atoms with van der Waals surface area (Å²) in [5, 5.41) is 65.8. The molecule has 2 N–H and O–H groups in total. The van der Waals surface area contributed by atoms with Crippen LogP contribution in [0.25, 0.3) is 0 Å². The number of phenolic OH excluding ortho intramolecular Hbond substituents is 2. The van der Waals surface area contributed by atoms with Gasteiger partial charge in [-0.1, -0.05) is 66.7 Å². The van der Waals surface area contributed by atoms with Crippen molar-refractivity contribution in [3.63, 3.8) is 0 Å². The number of tetrazole rings is 2. The Morgan fingerprint density at radius 3 is 1.61 bits per heavy atom. The fourth-order valence-electron chi connectivity index (χ4n) is 5.26. The quantitative estimate of drug-likeness (QED) is 0.105. The molecule has 15 heteroatoms. The van der Waals surface area contributed by atoms with Crippen LogP contribution in [0.5, 0.6) is 11.5 Å². The van der Waals surface area contributed by atoms with Crippen LogP contribution in [-0.2, 0) is 5.41 Å². The Morgan fingerprint density at radius 2 is 1.20 bits per heavy atom. The minimum atomic E-state index is -1.34. The highest BCUT2D eigenvalue weighted by molar-refractivity contribution is 5.82. The number of non-ortho nitro benzene ring substituents is 1. The lowest BCUT2D eigenvalue weighted by Crippen LogP contribution is -2.31. The lowest BCUT2D eigenvalue weighted by molar-refractivity contribution is -0.384. The molecule has 4 aromatic carbocycles. The fourth-order valence-corrected chi connectivity index (χ4v) is 5.26. The van der Waals surface area contributed by atoms with E-state index in [0.29, 0.717) is 45.0 Å². The highest BCUT2D eigenvalue weighted by Gasteiger charge is 2.42. The molecule has 0 saturated heterocycles. The monoisotopic (exact) mass is 615 g/mol. The van der Waals surface area contributed by atoms with Crippen molar-refractivity contribution in [3.05, 3.63) is 146 Å². The molecule has 0 aliphatic rings. The standard InChI is InChI=1S/C31H25N11O4/c1-20-34-36-38-40(20)32-18-22-8-14-27(29(43)16-22)31(24-6-4-3-5-7-24,25-10-12-26(13-11-25)42(45)46)28-15-9-23(17-30(28)44)19-33-41-21(2)35-37-39-41/h3-19,43-44H,1-2H3. The average Bonchev–Trinajstić information content (AvgIpc) is 3.68. The van der Waals surface area contributed by atoms with Crippen LogP contribution in [0.3, 0.4) is 0 Å². The van der Waals surface area contributed by atoms with E-state index in [2.05, 4.69) is 41.3 Å². The topological polar surface area (TPSA) is 196 Å². The van der Waals surface area contributed by atoms with Crippen LogP contribution in [0.15, 0.2) is 101 Å². The first-order valence-electron chi connectivity index (χ1n) is 13.8. The second-order valence-electron chi connectivity index (χ2n) is 10.2. The number of aryl methyl sites for hydroxylation is 2. The second kappa shape index (κ2) is 12.2. The van der Waals surface area contributed by atoms with Gasteiger partial charge in [-0.15, -0.1) is 19.8 Å². The molecule has 15 nitrogen and oxygen atoms in total. The van der Waals surface area contributed by atoms with Crippen LogP contribution in [0, 0.1) is 24.0 Å². The Hall–Kier alpha value is -6.64. The molecule has 0 atom stereocenters. The summed E-state index contributed by atoms with van der Waals surface area (Å²) >= 11 is 0. The molecule has 0 radical (unpaired) electrons. The fraction of sp³-hybridized carbons (Fsp3) is 0.0968. The van der Waals surface area contributed by atoms with Gasteiger partial charge in [0.2, 0.25) is 0 Å². The van der Waals surface area contributed by atoms with Gasteiger partial charge in [0, 0.05) is 23.3 Å². The molecule has 6 aromatic rings. The van der Waals surface area contributed by atoms with Gasteiger partial charge in [0.1, 0.15) is 11.5 Å². The zero-order chi connectivity index (χ0) is 32.3. The molecule has 0 saturated carbocycles. The van der Waals surface area contributed by atoms with Crippen LogP contribution < -0.4 is 0 Å². The predicted octanol–water partition coefficient (Wildman–Crippen LogP) is 3.74. The van der Waals surface area contributed by atoms with Gasteiger partial charge in [-0.3, -0.25) is 10.1 Å². The van der Waals surface area contributed by atoms with Crippen molar-refractivity contribution in [1.82, 2.24) is 40.6 Å². The molecule has 0 unspecified atom stereocenters. The van der Waals surface area contributed by atoms with Gasteiger partial charge in [0.05, 0.1) is 22.8 Å². The molecule has 0 aliphatic carbocycles. The van der Waals surface area contributed by atoms with Crippen LogP contribution in [0.4, 0.5) is 5.69 Å². The Kier molecular flexibility index (Phi) is 7.78. The summed E-state index contributed by atoms with van der Waals surface area (Å²) in [5.74, 6) is 0.739. The maximum atomic E-state index is 11.7. The molecule has 0 fully saturated rings. The number of hydrogen-bond acceptors (Lipinski definition) is 12. The summed E-state index contributed by atoms with van der Waals surface area (Å²) in [5.41, 5.74) is 1.72. The van der Waals surface area contributed by atoms with Crippen molar-refractivity contribution in [2.75, 3.05) is 0 Å². The number of phenols is 2. The van der Waals surface area contributed by atoms with Gasteiger partial charge >= 0.3 is 0 Å². The van der Waals surface area contributed by atoms with E-state index in [1.54, 1.807) is 50.2 Å². The lowest BCUT2D eigenvalue weighted by atomic mass is 9.64. The number of rotatable bonds is 9. The molecule has 228 valence electrons. The third-order valence-electron chi connectivity index (χ3n) is 7.41. The molecule has 0 bridgehead atoms.